The molecule has 0 aromatic heterocycles. The molecule has 0 fully saturated rings. The van der Waals surface area contributed by atoms with Crippen LogP contribution in [-0.2, 0) is 0 Å². The van der Waals surface area contributed by atoms with Crippen LogP contribution in [0.3, 0.4) is 0 Å². The van der Waals surface area contributed by atoms with Crippen molar-refractivity contribution in [3.63, 3.8) is 0 Å². The first kappa shape index (κ1) is 13.0. The summed E-state index contributed by atoms with van der Waals surface area (Å²) in [4.78, 5) is 2.39. The molecule has 1 nitrogen and oxygen atoms in total. The number of hydrogen-bond donors (Lipinski definition) is 0. The van der Waals surface area contributed by atoms with Gasteiger partial charge in [-0.05, 0) is 38.4 Å². The molecule has 1 unspecified atom stereocenters. The highest BCUT2D eigenvalue weighted by molar-refractivity contribution is 4.58. The first-order valence-electron chi connectivity index (χ1n) is 5.76. The summed E-state index contributed by atoms with van der Waals surface area (Å²) in [5, 5.41) is 0. The van der Waals surface area contributed by atoms with Gasteiger partial charge < -0.3 is 4.90 Å². The molecule has 0 bridgehead atoms. The van der Waals surface area contributed by atoms with E-state index >= 15 is 0 Å². The normalized spacial score (nSPS) is 14.1. The lowest BCUT2D eigenvalue weighted by Gasteiger charge is -2.17. The minimum absolute atomic E-state index is 0.851. The van der Waals surface area contributed by atoms with Crippen LogP contribution in [0.1, 0.15) is 47.0 Å². The highest BCUT2D eigenvalue weighted by Crippen LogP contribution is 2.16. The Kier molecular flexibility index (Phi) is 7.35. The molecule has 1 heteroatoms. The maximum Gasteiger partial charge on any atom is -0.00219 e. The summed E-state index contributed by atoms with van der Waals surface area (Å²) in [6.45, 7) is 11.7. The number of unbranched alkanes of at least 4 members (excludes halogenated alkanes) is 1. The first-order chi connectivity index (χ1) is 6.07. The lowest BCUT2D eigenvalue weighted by Crippen LogP contribution is -2.18. The summed E-state index contributed by atoms with van der Waals surface area (Å²) in [7, 11) is 2.20. The van der Waals surface area contributed by atoms with Crippen molar-refractivity contribution in [3.05, 3.63) is 0 Å². The summed E-state index contributed by atoms with van der Waals surface area (Å²) in [6.07, 6.45) is 4.15. The number of nitrogens with zero attached hydrogens (tertiary/aromatic N) is 1. The quantitative estimate of drug-likeness (QED) is 0.549. The van der Waals surface area contributed by atoms with E-state index in [1.807, 2.05) is 0 Å². The zero-order chi connectivity index (χ0) is 10.3. The van der Waals surface area contributed by atoms with Crippen LogP contribution in [-0.4, -0.2) is 25.0 Å². The van der Waals surface area contributed by atoms with Crippen LogP contribution in [0.25, 0.3) is 0 Å². The standard InChI is InChI=1S/C12H27N/c1-6-13(5)10-8-7-9-12(4)11(2)3/h11-12H,6-10H2,1-5H3. The molecule has 0 N–H and O–H groups in total. The average molecular weight is 185 g/mol. The van der Waals surface area contributed by atoms with Crippen molar-refractivity contribution in [2.45, 2.75) is 47.0 Å². The van der Waals surface area contributed by atoms with E-state index in [1.165, 1.54) is 32.4 Å². The summed E-state index contributed by atoms with van der Waals surface area (Å²) in [6, 6.07) is 0. The third kappa shape index (κ3) is 7.06. The molecule has 0 aliphatic heterocycles. The predicted octanol–water partition coefficient (Wildman–Crippen LogP) is 3.40. The van der Waals surface area contributed by atoms with Crippen LogP contribution in [0, 0.1) is 11.8 Å². The van der Waals surface area contributed by atoms with E-state index < -0.39 is 0 Å². The van der Waals surface area contributed by atoms with Gasteiger partial charge in [-0.25, -0.2) is 0 Å². The van der Waals surface area contributed by atoms with Crippen LogP contribution >= 0.6 is 0 Å². The van der Waals surface area contributed by atoms with Crippen molar-refractivity contribution in [1.29, 1.82) is 0 Å². The summed E-state index contributed by atoms with van der Waals surface area (Å²) < 4.78 is 0. The van der Waals surface area contributed by atoms with Gasteiger partial charge in [-0.1, -0.05) is 40.5 Å². The van der Waals surface area contributed by atoms with Gasteiger partial charge in [0.25, 0.3) is 0 Å². The third-order valence-corrected chi connectivity index (χ3v) is 3.13. The van der Waals surface area contributed by atoms with E-state index in [1.54, 1.807) is 0 Å². The Bertz CT molecular complexity index is 110. The molecule has 1 atom stereocenters. The zero-order valence-electron chi connectivity index (χ0n) is 10.1. The SMILES string of the molecule is CCN(C)CCCCC(C)C(C)C. The van der Waals surface area contributed by atoms with Gasteiger partial charge in [0.05, 0.1) is 0 Å². The largest absolute Gasteiger partial charge is 0.307 e. The van der Waals surface area contributed by atoms with Gasteiger partial charge in [-0.3, -0.25) is 0 Å². The highest BCUT2D eigenvalue weighted by Gasteiger charge is 2.06. The number of hydrogen-bond acceptors (Lipinski definition) is 1. The van der Waals surface area contributed by atoms with Gasteiger partial charge in [0.15, 0.2) is 0 Å². The molecule has 80 valence electrons. The van der Waals surface area contributed by atoms with E-state index in [9.17, 15) is 0 Å². The molecule has 0 saturated carbocycles. The van der Waals surface area contributed by atoms with Crippen LogP contribution < -0.4 is 0 Å². The monoisotopic (exact) mass is 185 g/mol. The molecular formula is C12H27N. The molecular weight excluding hydrogens is 158 g/mol. The Morgan fingerprint density at radius 3 is 2.15 bits per heavy atom. The Morgan fingerprint density at radius 2 is 1.69 bits per heavy atom. The topological polar surface area (TPSA) is 3.24 Å². The molecule has 0 spiro atoms. The molecule has 0 amide bonds. The maximum absolute atomic E-state index is 2.39. The minimum Gasteiger partial charge on any atom is -0.307 e. The van der Waals surface area contributed by atoms with E-state index in [-0.39, 0.29) is 0 Å². The van der Waals surface area contributed by atoms with Crippen LogP contribution in [0.2, 0.25) is 0 Å². The van der Waals surface area contributed by atoms with Crippen LogP contribution in [0.4, 0.5) is 0 Å². The second-order valence-corrected chi connectivity index (χ2v) is 4.61. The Labute approximate surface area is 84.5 Å². The molecule has 0 rings (SSSR count). The predicted molar refractivity (Wildman–Crippen MR) is 61.0 cm³/mol. The molecule has 0 aromatic carbocycles. The van der Waals surface area contributed by atoms with Gasteiger partial charge in [0.1, 0.15) is 0 Å². The first-order valence-corrected chi connectivity index (χ1v) is 5.76. The van der Waals surface area contributed by atoms with Crippen molar-refractivity contribution in [2.75, 3.05) is 20.1 Å². The van der Waals surface area contributed by atoms with Crippen molar-refractivity contribution in [3.8, 4) is 0 Å². The van der Waals surface area contributed by atoms with Crippen molar-refractivity contribution in [1.82, 2.24) is 4.90 Å². The molecule has 0 aromatic rings. The van der Waals surface area contributed by atoms with E-state index in [4.69, 9.17) is 0 Å². The average Bonchev–Trinajstić information content (AvgIpc) is 2.11. The summed E-state index contributed by atoms with van der Waals surface area (Å²) >= 11 is 0. The Morgan fingerprint density at radius 1 is 1.08 bits per heavy atom. The fourth-order valence-electron chi connectivity index (χ4n) is 1.34. The molecule has 0 radical (unpaired) electrons. The van der Waals surface area contributed by atoms with Crippen LogP contribution in [0.15, 0.2) is 0 Å². The molecule has 0 saturated heterocycles. The molecule has 13 heavy (non-hydrogen) atoms. The molecule has 0 aliphatic carbocycles. The molecule has 0 aliphatic rings. The summed E-state index contributed by atoms with van der Waals surface area (Å²) in [5.41, 5.74) is 0. The summed E-state index contributed by atoms with van der Waals surface area (Å²) in [5.74, 6) is 1.75. The second-order valence-electron chi connectivity index (χ2n) is 4.61. The van der Waals surface area contributed by atoms with Crippen LogP contribution in [0.5, 0.6) is 0 Å². The fourth-order valence-corrected chi connectivity index (χ4v) is 1.34. The van der Waals surface area contributed by atoms with Gasteiger partial charge in [0.2, 0.25) is 0 Å². The lowest BCUT2D eigenvalue weighted by molar-refractivity contribution is 0.322. The van der Waals surface area contributed by atoms with E-state index in [0.29, 0.717) is 0 Å². The van der Waals surface area contributed by atoms with Gasteiger partial charge >= 0.3 is 0 Å². The fraction of sp³-hybridized carbons (Fsp3) is 1.00. The van der Waals surface area contributed by atoms with Crippen molar-refractivity contribution in [2.24, 2.45) is 11.8 Å². The Balaban J connectivity index is 3.25. The van der Waals surface area contributed by atoms with Gasteiger partial charge in [-0.2, -0.15) is 0 Å². The lowest BCUT2D eigenvalue weighted by atomic mass is 9.93. The van der Waals surface area contributed by atoms with Crippen molar-refractivity contribution < 1.29 is 0 Å². The van der Waals surface area contributed by atoms with Crippen molar-refractivity contribution >= 4 is 0 Å². The molecule has 0 heterocycles. The smallest absolute Gasteiger partial charge is 0.00219 e. The highest BCUT2D eigenvalue weighted by atomic mass is 15.1. The second kappa shape index (κ2) is 7.37. The van der Waals surface area contributed by atoms with E-state index in [0.717, 1.165) is 11.8 Å². The Hall–Kier alpha value is -0.0400. The van der Waals surface area contributed by atoms with Gasteiger partial charge in [0, 0.05) is 0 Å². The van der Waals surface area contributed by atoms with Gasteiger partial charge in [-0.15, -0.1) is 0 Å². The number of rotatable bonds is 7. The van der Waals surface area contributed by atoms with E-state index in [2.05, 4.69) is 39.6 Å². The zero-order valence-corrected chi connectivity index (χ0v) is 10.1. The maximum atomic E-state index is 2.39. The third-order valence-electron chi connectivity index (χ3n) is 3.13. The minimum atomic E-state index is 0.851.